The first-order valence-corrected chi connectivity index (χ1v) is 11.2. The molecule has 6 nitrogen and oxygen atoms in total. The summed E-state index contributed by atoms with van der Waals surface area (Å²) in [5.41, 5.74) is 2.95. The predicted octanol–water partition coefficient (Wildman–Crippen LogP) is 4.53. The Kier molecular flexibility index (Phi) is 7.47. The number of para-hydroxylation sites is 1. The number of hydrogen-bond acceptors (Lipinski definition) is 5. The van der Waals surface area contributed by atoms with Crippen LogP contribution in [0.2, 0.25) is 0 Å². The second-order valence-corrected chi connectivity index (χ2v) is 8.14. The van der Waals surface area contributed by atoms with Gasteiger partial charge in [0.05, 0.1) is 19.9 Å². The van der Waals surface area contributed by atoms with E-state index in [-0.39, 0.29) is 5.91 Å². The van der Waals surface area contributed by atoms with Crippen LogP contribution in [0, 0.1) is 6.92 Å². The van der Waals surface area contributed by atoms with E-state index in [1.165, 1.54) is 0 Å². The van der Waals surface area contributed by atoms with Gasteiger partial charge in [-0.3, -0.25) is 9.69 Å². The van der Waals surface area contributed by atoms with Crippen LogP contribution in [0.4, 0.5) is 0 Å². The van der Waals surface area contributed by atoms with E-state index >= 15 is 0 Å². The third-order valence-electron chi connectivity index (χ3n) is 5.84. The number of aryl methyl sites for hydroxylation is 1. The maximum atomic E-state index is 12.7. The van der Waals surface area contributed by atoms with Gasteiger partial charge < -0.3 is 18.8 Å². The number of amides is 1. The smallest absolute Gasteiger partial charge is 0.246 e. The SMILES string of the molecule is COc1ccc(/C=C/C(=O)N2CCN(Cc3ccco3)CC2)cc1COc1ccccc1C. The van der Waals surface area contributed by atoms with E-state index < -0.39 is 0 Å². The average Bonchev–Trinajstić information content (AvgIpc) is 3.35. The van der Waals surface area contributed by atoms with E-state index in [9.17, 15) is 4.79 Å². The van der Waals surface area contributed by atoms with Gasteiger partial charge >= 0.3 is 0 Å². The van der Waals surface area contributed by atoms with Crippen molar-refractivity contribution in [2.24, 2.45) is 0 Å². The summed E-state index contributed by atoms with van der Waals surface area (Å²) >= 11 is 0. The monoisotopic (exact) mass is 446 g/mol. The highest BCUT2D eigenvalue weighted by molar-refractivity contribution is 5.91. The van der Waals surface area contributed by atoms with Crippen LogP contribution in [0.3, 0.4) is 0 Å². The van der Waals surface area contributed by atoms with Gasteiger partial charge in [-0.05, 0) is 54.5 Å². The van der Waals surface area contributed by atoms with E-state index in [1.807, 2.05) is 72.5 Å². The summed E-state index contributed by atoms with van der Waals surface area (Å²) in [7, 11) is 1.65. The van der Waals surface area contributed by atoms with Gasteiger partial charge in [0.1, 0.15) is 23.9 Å². The topological polar surface area (TPSA) is 55.2 Å². The third kappa shape index (κ3) is 6.05. The molecule has 1 aliphatic rings. The summed E-state index contributed by atoms with van der Waals surface area (Å²) < 4.78 is 16.9. The molecule has 1 aromatic heterocycles. The zero-order valence-corrected chi connectivity index (χ0v) is 19.2. The summed E-state index contributed by atoms with van der Waals surface area (Å²) in [5.74, 6) is 2.60. The van der Waals surface area contributed by atoms with Crippen molar-refractivity contribution in [1.29, 1.82) is 0 Å². The Morgan fingerprint density at radius 1 is 1.03 bits per heavy atom. The van der Waals surface area contributed by atoms with Gasteiger partial charge in [0, 0.05) is 37.8 Å². The number of benzene rings is 2. The Hall–Kier alpha value is -3.51. The van der Waals surface area contributed by atoms with Gasteiger partial charge in [-0.25, -0.2) is 0 Å². The molecule has 1 amide bonds. The van der Waals surface area contributed by atoms with Crippen molar-refractivity contribution in [3.63, 3.8) is 0 Å². The standard InChI is InChI=1S/C27H30N2O4/c1-21-6-3-4-8-25(21)33-20-23-18-22(9-11-26(23)31-2)10-12-27(30)29-15-13-28(14-16-29)19-24-7-5-17-32-24/h3-12,17-18H,13-16,19-20H2,1-2H3/b12-10+. The lowest BCUT2D eigenvalue weighted by molar-refractivity contribution is -0.127. The van der Waals surface area contributed by atoms with Gasteiger partial charge in [-0.15, -0.1) is 0 Å². The van der Waals surface area contributed by atoms with Crippen LogP contribution >= 0.6 is 0 Å². The Balaban J connectivity index is 1.34. The van der Waals surface area contributed by atoms with Crippen LogP contribution in [0.15, 0.2) is 71.4 Å². The second kappa shape index (κ2) is 10.9. The highest BCUT2D eigenvalue weighted by atomic mass is 16.5. The number of hydrogen-bond donors (Lipinski definition) is 0. The molecule has 0 unspecified atom stereocenters. The molecule has 0 radical (unpaired) electrons. The van der Waals surface area contributed by atoms with Crippen molar-refractivity contribution in [3.05, 3.63) is 89.4 Å². The van der Waals surface area contributed by atoms with E-state index in [4.69, 9.17) is 13.9 Å². The molecule has 0 atom stereocenters. The molecule has 3 aromatic rings. The van der Waals surface area contributed by atoms with E-state index in [0.29, 0.717) is 19.7 Å². The summed E-state index contributed by atoms with van der Waals surface area (Å²) in [6.45, 7) is 6.29. The molecule has 0 saturated carbocycles. The van der Waals surface area contributed by atoms with Crippen LogP contribution in [0.1, 0.15) is 22.5 Å². The molecule has 2 heterocycles. The van der Waals surface area contributed by atoms with Crippen LogP contribution in [0.25, 0.3) is 6.08 Å². The van der Waals surface area contributed by atoms with Gasteiger partial charge in [0.2, 0.25) is 5.91 Å². The molecule has 0 spiro atoms. The maximum Gasteiger partial charge on any atom is 0.246 e. The number of furan rings is 1. The minimum atomic E-state index is 0.0289. The van der Waals surface area contributed by atoms with Gasteiger partial charge in [-0.1, -0.05) is 24.3 Å². The lowest BCUT2D eigenvalue weighted by Gasteiger charge is -2.33. The van der Waals surface area contributed by atoms with Crippen LogP contribution in [-0.4, -0.2) is 49.0 Å². The fourth-order valence-electron chi connectivity index (χ4n) is 3.91. The summed E-state index contributed by atoms with van der Waals surface area (Å²) in [4.78, 5) is 16.9. The van der Waals surface area contributed by atoms with Crippen LogP contribution in [-0.2, 0) is 17.9 Å². The highest BCUT2D eigenvalue weighted by Crippen LogP contribution is 2.24. The number of methoxy groups -OCH3 is 1. The number of carbonyl (C=O) groups is 1. The lowest BCUT2D eigenvalue weighted by atomic mass is 10.1. The highest BCUT2D eigenvalue weighted by Gasteiger charge is 2.20. The number of ether oxygens (including phenoxy) is 2. The Labute approximate surface area is 195 Å². The molecule has 0 bridgehead atoms. The zero-order valence-electron chi connectivity index (χ0n) is 19.2. The molecule has 1 saturated heterocycles. The summed E-state index contributed by atoms with van der Waals surface area (Å²) in [6, 6.07) is 17.7. The Morgan fingerprint density at radius 3 is 2.58 bits per heavy atom. The molecule has 172 valence electrons. The number of nitrogens with zero attached hydrogens (tertiary/aromatic N) is 2. The largest absolute Gasteiger partial charge is 0.496 e. The molecule has 1 aliphatic heterocycles. The zero-order chi connectivity index (χ0) is 23.0. The van der Waals surface area contributed by atoms with E-state index in [2.05, 4.69) is 4.90 Å². The minimum absolute atomic E-state index is 0.0289. The van der Waals surface area contributed by atoms with E-state index in [0.717, 1.165) is 53.6 Å². The molecule has 33 heavy (non-hydrogen) atoms. The maximum absolute atomic E-state index is 12.7. The fourth-order valence-corrected chi connectivity index (χ4v) is 3.91. The lowest BCUT2D eigenvalue weighted by Crippen LogP contribution is -2.47. The van der Waals surface area contributed by atoms with Crippen LogP contribution < -0.4 is 9.47 Å². The summed E-state index contributed by atoms with van der Waals surface area (Å²) in [5, 5.41) is 0. The van der Waals surface area contributed by atoms with E-state index in [1.54, 1.807) is 19.4 Å². The van der Waals surface area contributed by atoms with Crippen molar-refractivity contribution in [3.8, 4) is 11.5 Å². The first kappa shape index (κ1) is 22.7. The Morgan fingerprint density at radius 2 is 1.85 bits per heavy atom. The Bertz CT molecular complexity index is 1080. The molecular weight excluding hydrogens is 416 g/mol. The van der Waals surface area contributed by atoms with Crippen molar-refractivity contribution >= 4 is 12.0 Å². The molecular formula is C27H30N2O4. The number of carbonyl (C=O) groups excluding carboxylic acids is 1. The first-order valence-electron chi connectivity index (χ1n) is 11.2. The quantitative estimate of drug-likeness (QED) is 0.476. The molecule has 2 aromatic carbocycles. The molecule has 1 fully saturated rings. The molecule has 6 heteroatoms. The van der Waals surface area contributed by atoms with Crippen LogP contribution in [0.5, 0.6) is 11.5 Å². The average molecular weight is 447 g/mol. The first-order chi connectivity index (χ1) is 16.1. The normalized spacial score (nSPS) is 14.5. The van der Waals surface area contributed by atoms with Crippen molar-refractivity contribution in [2.45, 2.75) is 20.1 Å². The second-order valence-electron chi connectivity index (χ2n) is 8.14. The van der Waals surface area contributed by atoms with Gasteiger partial charge in [0.25, 0.3) is 0 Å². The van der Waals surface area contributed by atoms with Gasteiger partial charge in [0.15, 0.2) is 0 Å². The molecule has 0 aliphatic carbocycles. The van der Waals surface area contributed by atoms with Crippen molar-refractivity contribution < 1.29 is 18.7 Å². The fraction of sp³-hybridized carbons (Fsp3) is 0.296. The molecule has 0 N–H and O–H groups in total. The molecule has 4 rings (SSSR count). The predicted molar refractivity (Wildman–Crippen MR) is 128 cm³/mol. The third-order valence-corrected chi connectivity index (χ3v) is 5.84. The van der Waals surface area contributed by atoms with Crippen molar-refractivity contribution in [2.75, 3.05) is 33.3 Å². The number of piperazine rings is 1. The van der Waals surface area contributed by atoms with Gasteiger partial charge in [-0.2, -0.15) is 0 Å². The minimum Gasteiger partial charge on any atom is -0.496 e. The number of rotatable bonds is 8. The summed E-state index contributed by atoms with van der Waals surface area (Å²) in [6.07, 6.45) is 5.20. The van der Waals surface area contributed by atoms with Crippen molar-refractivity contribution in [1.82, 2.24) is 9.80 Å².